The maximum atomic E-state index is 12.4. The quantitative estimate of drug-likeness (QED) is 0.800. The SMILES string of the molecule is CCOC(=O)c1cc([C@@H]2CCCN2C(=O)OC(C)(C)C)nn1C. The van der Waals surface area contributed by atoms with Gasteiger partial charge < -0.3 is 9.47 Å². The molecule has 0 bridgehead atoms. The molecule has 1 aromatic heterocycles. The average molecular weight is 323 g/mol. The van der Waals surface area contributed by atoms with Crippen LogP contribution in [0.2, 0.25) is 0 Å². The Labute approximate surface area is 136 Å². The summed E-state index contributed by atoms with van der Waals surface area (Å²) in [5.74, 6) is -0.407. The molecule has 1 saturated heterocycles. The Morgan fingerprint density at radius 1 is 1.39 bits per heavy atom. The van der Waals surface area contributed by atoms with Crippen molar-refractivity contribution in [1.29, 1.82) is 0 Å². The number of aromatic nitrogens is 2. The van der Waals surface area contributed by atoms with Crippen LogP contribution in [0.3, 0.4) is 0 Å². The molecule has 1 aliphatic heterocycles. The van der Waals surface area contributed by atoms with Gasteiger partial charge in [0.1, 0.15) is 11.3 Å². The van der Waals surface area contributed by atoms with Crippen LogP contribution >= 0.6 is 0 Å². The van der Waals surface area contributed by atoms with Crippen molar-refractivity contribution in [3.05, 3.63) is 17.5 Å². The summed E-state index contributed by atoms with van der Waals surface area (Å²) in [6.45, 7) is 8.23. The minimum absolute atomic E-state index is 0.167. The molecule has 1 atom stereocenters. The summed E-state index contributed by atoms with van der Waals surface area (Å²) < 4.78 is 12.0. The van der Waals surface area contributed by atoms with Gasteiger partial charge in [-0.2, -0.15) is 5.10 Å². The van der Waals surface area contributed by atoms with Gasteiger partial charge in [-0.25, -0.2) is 9.59 Å². The lowest BCUT2D eigenvalue weighted by molar-refractivity contribution is 0.0221. The van der Waals surface area contributed by atoms with E-state index in [-0.39, 0.29) is 12.1 Å². The normalized spacial score (nSPS) is 18.1. The van der Waals surface area contributed by atoms with Crippen molar-refractivity contribution in [2.75, 3.05) is 13.2 Å². The van der Waals surface area contributed by atoms with Gasteiger partial charge in [-0.3, -0.25) is 9.58 Å². The summed E-state index contributed by atoms with van der Waals surface area (Å²) >= 11 is 0. The van der Waals surface area contributed by atoms with Crippen LogP contribution in [0.5, 0.6) is 0 Å². The lowest BCUT2D eigenvalue weighted by Gasteiger charge is -2.27. The Morgan fingerprint density at radius 2 is 2.09 bits per heavy atom. The molecule has 0 saturated carbocycles. The Morgan fingerprint density at radius 3 is 2.70 bits per heavy atom. The number of amides is 1. The third kappa shape index (κ3) is 4.03. The molecule has 7 nitrogen and oxygen atoms in total. The first-order chi connectivity index (χ1) is 10.7. The van der Waals surface area contributed by atoms with Gasteiger partial charge in [-0.15, -0.1) is 0 Å². The van der Waals surface area contributed by atoms with Gasteiger partial charge in [0.15, 0.2) is 0 Å². The second-order valence-corrected chi connectivity index (χ2v) is 6.63. The molecule has 0 aromatic carbocycles. The maximum Gasteiger partial charge on any atom is 0.410 e. The molecule has 1 fully saturated rings. The van der Waals surface area contributed by atoms with Gasteiger partial charge in [-0.1, -0.05) is 0 Å². The van der Waals surface area contributed by atoms with Crippen molar-refractivity contribution in [2.45, 2.75) is 52.2 Å². The first kappa shape index (κ1) is 17.3. The molecule has 1 amide bonds. The molecule has 0 N–H and O–H groups in total. The monoisotopic (exact) mass is 323 g/mol. The van der Waals surface area contributed by atoms with E-state index in [0.717, 1.165) is 12.8 Å². The third-order valence-corrected chi connectivity index (χ3v) is 3.61. The van der Waals surface area contributed by atoms with E-state index in [1.165, 1.54) is 4.68 Å². The van der Waals surface area contributed by atoms with E-state index in [0.29, 0.717) is 24.5 Å². The fourth-order valence-electron chi connectivity index (χ4n) is 2.66. The Bertz CT molecular complexity index is 589. The highest BCUT2D eigenvalue weighted by atomic mass is 16.6. The predicted molar refractivity (Wildman–Crippen MR) is 84.1 cm³/mol. The van der Waals surface area contributed by atoms with Crippen LogP contribution in [-0.2, 0) is 16.5 Å². The number of aryl methyl sites for hydroxylation is 1. The molecule has 23 heavy (non-hydrogen) atoms. The highest BCUT2D eigenvalue weighted by Gasteiger charge is 2.35. The first-order valence-corrected chi connectivity index (χ1v) is 7.93. The number of likely N-dealkylation sites (tertiary alicyclic amines) is 1. The number of rotatable bonds is 3. The molecule has 1 aliphatic rings. The van der Waals surface area contributed by atoms with E-state index >= 15 is 0 Å². The van der Waals surface area contributed by atoms with Crippen LogP contribution in [0.25, 0.3) is 0 Å². The highest BCUT2D eigenvalue weighted by Crippen LogP contribution is 2.32. The summed E-state index contributed by atoms with van der Waals surface area (Å²) in [4.78, 5) is 25.9. The van der Waals surface area contributed by atoms with Crippen molar-refractivity contribution < 1.29 is 19.1 Å². The zero-order chi connectivity index (χ0) is 17.2. The van der Waals surface area contributed by atoms with Crippen molar-refractivity contribution >= 4 is 12.1 Å². The Hall–Kier alpha value is -2.05. The standard InChI is InChI=1S/C16H25N3O4/c1-6-22-14(20)13-10-11(17-18(13)5)12-8-7-9-19(12)15(21)23-16(2,3)4/h10,12H,6-9H2,1-5H3/t12-/m0/s1. The van der Waals surface area contributed by atoms with Crippen molar-refractivity contribution in [2.24, 2.45) is 7.05 Å². The van der Waals surface area contributed by atoms with Crippen LogP contribution < -0.4 is 0 Å². The van der Waals surface area contributed by atoms with Gasteiger partial charge in [0, 0.05) is 13.6 Å². The number of ether oxygens (including phenoxy) is 2. The number of carbonyl (C=O) groups is 2. The van der Waals surface area contributed by atoms with E-state index in [1.54, 1.807) is 24.9 Å². The minimum Gasteiger partial charge on any atom is -0.461 e. The fourth-order valence-corrected chi connectivity index (χ4v) is 2.66. The molecule has 1 aromatic rings. The second-order valence-electron chi connectivity index (χ2n) is 6.63. The van der Waals surface area contributed by atoms with Crippen LogP contribution in [0.1, 0.15) is 62.8 Å². The van der Waals surface area contributed by atoms with Crippen LogP contribution in [-0.4, -0.2) is 45.5 Å². The van der Waals surface area contributed by atoms with Gasteiger partial charge in [0.05, 0.1) is 18.3 Å². The average Bonchev–Trinajstić information content (AvgIpc) is 3.02. The molecule has 0 unspecified atom stereocenters. The van der Waals surface area contributed by atoms with Crippen molar-refractivity contribution in [3.8, 4) is 0 Å². The number of nitrogens with zero attached hydrogens (tertiary/aromatic N) is 3. The molecule has 2 heterocycles. The van der Waals surface area contributed by atoms with Gasteiger partial charge in [0.25, 0.3) is 0 Å². The molecule has 7 heteroatoms. The lowest BCUT2D eigenvalue weighted by atomic mass is 10.1. The van der Waals surface area contributed by atoms with Gasteiger partial charge in [-0.05, 0) is 46.6 Å². The number of hydrogen-bond donors (Lipinski definition) is 0. The maximum absolute atomic E-state index is 12.4. The van der Waals surface area contributed by atoms with Crippen molar-refractivity contribution in [3.63, 3.8) is 0 Å². The van der Waals surface area contributed by atoms with Gasteiger partial charge in [0.2, 0.25) is 0 Å². The summed E-state index contributed by atoms with van der Waals surface area (Å²) in [6.07, 6.45) is 1.34. The van der Waals surface area contributed by atoms with E-state index in [2.05, 4.69) is 5.10 Å². The number of hydrogen-bond acceptors (Lipinski definition) is 5. The smallest absolute Gasteiger partial charge is 0.410 e. The molecule has 0 aliphatic carbocycles. The van der Waals surface area contributed by atoms with Crippen LogP contribution in [0, 0.1) is 0 Å². The summed E-state index contributed by atoms with van der Waals surface area (Å²) in [6, 6.07) is 1.53. The zero-order valence-corrected chi connectivity index (χ0v) is 14.5. The topological polar surface area (TPSA) is 73.7 Å². The molecule has 0 radical (unpaired) electrons. The Kier molecular flexibility index (Phi) is 4.97. The highest BCUT2D eigenvalue weighted by molar-refractivity contribution is 5.87. The van der Waals surface area contributed by atoms with Crippen LogP contribution in [0.4, 0.5) is 4.79 Å². The molecular formula is C16H25N3O4. The van der Waals surface area contributed by atoms with Crippen molar-refractivity contribution in [1.82, 2.24) is 14.7 Å². The summed E-state index contributed by atoms with van der Waals surface area (Å²) in [5, 5.41) is 4.39. The van der Waals surface area contributed by atoms with Gasteiger partial charge >= 0.3 is 12.1 Å². The van der Waals surface area contributed by atoms with Crippen LogP contribution in [0.15, 0.2) is 6.07 Å². The minimum atomic E-state index is -0.537. The third-order valence-electron chi connectivity index (χ3n) is 3.61. The molecule has 0 spiro atoms. The summed E-state index contributed by atoms with van der Waals surface area (Å²) in [5.41, 5.74) is 0.543. The predicted octanol–water partition coefficient (Wildman–Crippen LogP) is 2.67. The zero-order valence-electron chi connectivity index (χ0n) is 14.5. The molecule has 128 valence electrons. The Balaban J connectivity index is 2.19. The first-order valence-electron chi connectivity index (χ1n) is 7.93. The molecular weight excluding hydrogens is 298 g/mol. The van der Waals surface area contributed by atoms with E-state index < -0.39 is 11.6 Å². The largest absolute Gasteiger partial charge is 0.461 e. The summed E-state index contributed by atoms with van der Waals surface area (Å²) in [7, 11) is 1.70. The second kappa shape index (κ2) is 6.60. The molecule has 2 rings (SSSR count). The fraction of sp³-hybridized carbons (Fsp3) is 0.688. The number of esters is 1. The van der Waals surface area contributed by atoms with E-state index in [9.17, 15) is 9.59 Å². The van der Waals surface area contributed by atoms with E-state index in [4.69, 9.17) is 9.47 Å². The van der Waals surface area contributed by atoms with E-state index in [1.807, 2.05) is 20.8 Å². The number of carbonyl (C=O) groups excluding carboxylic acids is 2. The lowest BCUT2D eigenvalue weighted by Crippen LogP contribution is -2.36.